The van der Waals surface area contributed by atoms with Crippen molar-refractivity contribution >= 4 is 5.69 Å². The maximum atomic E-state index is 5.36. The van der Waals surface area contributed by atoms with E-state index in [2.05, 4.69) is 40.7 Å². The molecule has 1 heterocycles. The summed E-state index contributed by atoms with van der Waals surface area (Å²) in [4.78, 5) is 7.78. The van der Waals surface area contributed by atoms with Crippen molar-refractivity contribution in [2.75, 3.05) is 38.3 Å². The van der Waals surface area contributed by atoms with Crippen LogP contribution in [0.1, 0.15) is 12.8 Å². The molecule has 4 heteroatoms. The molecule has 1 aromatic rings. The van der Waals surface area contributed by atoms with Gasteiger partial charge in [0, 0.05) is 31.9 Å². The number of para-hydroxylation sites is 1. The van der Waals surface area contributed by atoms with Gasteiger partial charge in [0.1, 0.15) is 0 Å². The van der Waals surface area contributed by atoms with E-state index in [4.69, 9.17) is 9.57 Å². The Morgan fingerprint density at radius 3 is 2.56 bits per heavy atom. The van der Waals surface area contributed by atoms with E-state index in [1.807, 2.05) is 0 Å². The van der Waals surface area contributed by atoms with E-state index < -0.39 is 0 Å². The summed E-state index contributed by atoms with van der Waals surface area (Å²) in [7, 11) is 1.68. The second kappa shape index (κ2) is 7.36. The number of rotatable bonds is 6. The van der Waals surface area contributed by atoms with E-state index in [1.54, 1.807) is 7.11 Å². The van der Waals surface area contributed by atoms with Gasteiger partial charge in [-0.15, -0.1) is 0 Å². The zero-order chi connectivity index (χ0) is 12.6. The average Bonchev–Trinajstić information content (AvgIpc) is 2.45. The van der Waals surface area contributed by atoms with Crippen molar-refractivity contribution in [3.63, 3.8) is 0 Å². The van der Waals surface area contributed by atoms with E-state index >= 15 is 0 Å². The molecule has 100 valence electrons. The molecule has 0 unspecified atom stereocenters. The standard InChI is InChI=1S/C14H22N2O2/c1-17-11-12-18-15-13-7-9-16(10-8-13)14-5-3-2-4-6-14/h2-6,13,15H,7-12H2,1H3. The topological polar surface area (TPSA) is 33.7 Å². The van der Waals surface area contributed by atoms with Crippen molar-refractivity contribution in [3.05, 3.63) is 30.3 Å². The molecule has 1 aliphatic heterocycles. The molecule has 0 atom stereocenters. The van der Waals surface area contributed by atoms with E-state index in [1.165, 1.54) is 5.69 Å². The third kappa shape index (κ3) is 3.98. The zero-order valence-electron chi connectivity index (χ0n) is 11.0. The molecule has 4 nitrogen and oxygen atoms in total. The highest BCUT2D eigenvalue weighted by molar-refractivity contribution is 5.46. The smallest absolute Gasteiger partial charge is 0.0915 e. The highest BCUT2D eigenvalue weighted by Gasteiger charge is 2.18. The van der Waals surface area contributed by atoms with Crippen LogP contribution in [0.5, 0.6) is 0 Å². The van der Waals surface area contributed by atoms with Crippen molar-refractivity contribution in [3.8, 4) is 0 Å². The molecular weight excluding hydrogens is 228 g/mol. The predicted octanol–water partition coefficient (Wildman–Crippen LogP) is 1.82. The number of methoxy groups -OCH3 is 1. The number of anilines is 1. The highest BCUT2D eigenvalue weighted by atomic mass is 16.7. The van der Waals surface area contributed by atoms with Gasteiger partial charge in [-0.2, -0.15) is 5.48 Å². The molecule has 2 rings (SSSR count). The van der Waals surface area contributed by atoms with Gasteiger partial charge in [0.15, 0.2) is 0 Å². The lowest BCUT2D eigenvalue weighted by Gasteiger charge is -2.33. The van der Waals surface area contributed by atoms with Crippen LogP contribution in [0, 0.1) is 0 Å². The largest absolute Gasteiger partial charge is 0.382 e. The Hall–Kier alpha value is -1.10. The van der Waals surface area contributed by atoms with Crippen LogP contribution in [-0.2, 0) is 9.57 Å². The van der Waals surface area contributed by atoms with Crippen molar-refractivity contribution in [2.45, 2.75) is 18.9 Å². The lowest BCUT2D eigenvalue weighted by molar-refractivity contribution is -0.0158. The van der Waals surface area contributed by atoms with Crippen LogP contribution in [0.2, 0.25) is 0 Å². The number of hydrogen-bond donors (Lipinski definition) is 1. The first-order valence-corrected chi connectivity index (χ1v) is 6.56. The second-order valence-electron chi connectivity index (χ2n) is 4.56. The summed E-state index contributed by atoms with van der Waals surface area (Å²) < 4.78 is 4.93. The van der Waals surface area contributed by atoms with Gasteiger partial charge in [0.2, 0.25) is 0 Å². The molecule has 0 bridgehead atoms. The van der Waals surface area contributed by atoms with Gasteiger partial charge in [0.05, 0.1) is 13.2 Å². The molecule has 18 heavy (non-hydrogen) atoms. The summed E-state index contributed by atoms with van der Waals surface area (Å²) in [5.74, 6) is 0. The quantitative estimate of drug-likeness (QED) is 0.617. The van der Waals surface area contributed by atoms with E-state index in [0.29, 0.717) is 19.3 Å². The number of benzene rings is 1. The van der Waals surface area contributed by atoms with Gasteiger partial charge in [0.25, 0.3) is 0 Å². The molecule has 1 N–H and O–H groups in total. The number of piperidine rings is 1. The molecule has 1 aliphatic rings. The number of hydroxylamine groups is 1. The van der Waals surface area contributed by atoms with Crippen LogP contribution in [-0.4, -0.2) is 39.5 Å². The zero-order valence-corrected chi connectivity index (χ0v) is 11.0. The fraction of sp³-hybridized carbons (Fsp3) is 0.571. The van der Waals surface area contributed by atoms with Crippen LogP contribution in [0.3, 0.4) is 0 Å². The number of hydrogen-bond acceptors (Lipinski definition) is 4. The summed E-state index contributed by atoms with van der Waals surface area (Å²) in [6.07, 6.45) is 2.23. The summed E-state index contributed by atoms with van der Waals surface area (Å²) in [5.41, 5.74) is 4.44. The molecule has 1 saturated heterocycles. The van der Waals surface area contributed by atoms with Crippen molar-refractivity contribution in [1.82, 2.24) is 5.48 Å². The Kier molecular flexibility index (Phi) is 5.45. The first-order chi connectivity index (χ1) is 8.90. The fourth-order valence-electron chi connectivity index (χ4n) is 2.20. The molecule has 0 amide bonds. The van der Waals surface area contributed by atoms with E-state index in [-0.39, 0.29) is 0 Å². The molecule has 1 aromatic carbocycles. The minimum atomic E-state index is 0.460. The first-order valence-electron chi connectivity index (χ1n) is 6.56. The van der Waals surface area contributed by atoms with Crippen LogP contribution in [0.25, 0.3) is 0 Å². The molecular formula is C14H22N2O2. The third-order valence-corrected chi connectivity index (χ3v) is 3.26. The number of nitrogens with zero attached hydrogens (tertiary/aromatic N) is 1. The Balaban J connectivity index is 1.68. The van der Waals surface area contributed by atoms with E-state index in [0.717, 1.165) is 25.9 Å². The fourth-order valence-corrected chi connectivity index (χ4v) is 2.20. The third-order valence-electron chi connectivity index (χ3n) is 3.26. The Morgan fingerprint density at radius 1 is 1.17 bits per heavy atom. The van der Waals surface area contributed by atoms with Gasteiger partial charge < -0.3 is 9.64 Å². The van der Waals surface area contributed by atoms with Crippen molar-refractivity contribution < 1.29 is 9.57 Å². The van der Waals surface area contributed by atoms with Gasteiger partial charge in [-0.1, -0.05) is 18.2 Å². The monoisotopic (exact) mass is 250 g/mol. The molecule has 0 aliphatic carbocycles. The summed E-state index contributed by atoms with van der Waals surface area (Å²) in [6.45, 7) is 3.40. The molecule has 0 radical (unpaired) electrons. The number of nitrogens with one attached hydrogen (secondary N) is 1. The highest BCUT2D eigenvalue weighted by Crippen LogP contribution is 2.19. The van der Waals surface area contributed by atoms with Crippen molar-refractivity contribution in [2.24, 2.45) is 0 Å². The summed E-state index contributed by atoms with van der Waals surface area (Å²) >= 11 is 0. The van der Waals surface area contributed by atoms with E-state index in [9.17, 15) is 0 Å². The predicted molar refractivity (Wildman–Crippen MR) is 72.6 cm³/mol. The van der Waals surface area contributed by atoms with Crippen LogP contribution in [0.4, 0.5) is 5.69 Å². The molecule has 0 spiro atoms. The Labute approximate surface area is 109 Å². The molecule has 0 aromatic heterocycles. The molecule has 1 fully saturated rings. The lowest BCUT2D eigenvalue weighted by Crippen LogP contribution is -2.42. The maximum Gasteiger partial charge on any atom is 0.0915 e. The van der Waals surface area contributed by atoms with Gasteiger partial charge in [-0.25, -0.2) is 0 Å². The van der Waals surface area contributed by atoms with Gasteiger partial charge >= 0.3 is 0 Å². The Bertz CT molecular complexity index is 324. The minimum Gasteiger partial charge on any atom is -0.382 e. The van der Waals surface area contributed by atoms with Gasteiger partial charge in [-0.3, -0.25) is 4.84 Å². The SMILES string of the molecule is COCCONC1CCN(c2ccccc2)CC1. The lowest BCUT2D eigenvalue weighted by atomic mass is 10.1. The van der Waals surface area contributed by atoms with Crippen LogP contribution >= 0.6 is 0 Å². The molecule has 0 saturated carbocycles. The summed E-state index contributed by atoms with van der Waals surface area (Å²) in [5, 5.41) is 0. The minimum absolute atomic E-state index is 0.460. The normalized spacial score (nSPS) is 17.1. The summed E-state index contributed by atoms with van der Waals surface area (Å²) in [6, 6.07) is 11.0. The van der Waals surface area contributed by atoms with Crippen LogP contribution in [0.15, 0.2) is 30.3 Å². The number of ether oxygens (including phenoxy) is 1. The van der Waals surface area contributed by atoms with Crippen molar-refractivity contribution in [1.29, 1.82) is 0 Å². The Morgan fingerprint density at radius 2 is 1.89 bits per heavy atom. The second-order valence-corrected chi connectivity index (χ2v) is 4.56. The van der Waals surface area contributed by atoms with Gasteiger partial charge in [-0.05, 0) is 25.0 Å². The first kappa shape index (κ1) is 13.3. The average molecular weight is 250 g/mol. The van der Waals surface area contributed by atoms with Crippen LogP contribution < -0.4 is 10.4 Å². The maximum absolute atomic E-state index is 5.36.